The maximum absolute atomic E-state index is 12.0. The number of nitrogens with one attached hydrogen (secondary N) is 1. The van der Waals surface area contributed by atoms with E-state index in [1.54, 1.807) is 36.4 Å². The molecule has 0 heterocycles. The molecule has 0 saturated carbocycles. The van der Waals surface area contributed by atoms with Gasteiger partial charge in [0.1, 0.15) is 5.75 Å². The molecule has 0 aliphatic carbocycles. The second kappa shape index (κ2) is 7.12. The van der Waals surface area contributed by atoms with Crippen LogP contribution in [0.1, 0.15) is 15.9 Å². The highest BCUT2D eigenvalue weighted by Crippen LogP contribution is 2.25. The van der Waals surface area contributed by atoms with Gasteiger partial charge in [0.05, 0.1) is 26.0 Å². The number of benzene rings is 2. The Kier molecular flexibility index (Phi) is 4.98. The number of para-hydroxylation sites is 1. The van der Waals surface area contributed by atoms with Crippen molar-refractivity contribution in [1.29, 1.82) is 0 Å². The summed E-state index contributed by atoms with van der Waals surface area (Å²) in [6.07, 6.45) is 1.42. The summed E-state index contributed by atoms with van der Waals surface area (Å²) in [6, 6.07) is 11.7. The smallest absolute Gasteiger partial charge is 0.275 e. The van der Waals surface area contributed by atoms with Crippen molar-refractivity contribution in [2.24, 2.45) is 5.10 Å². The van der Waals surface area contributed by atoms with E-state index in [0.29, 0.717) is 22.6 Å². The van der Waals surface area contributed by atoms with Gasteiger partial charge < -0.3 is 14.6 Å². The molecule has 0 aliphatic rings. The number of ether oxygens (including phenoxy) is 2. The zero-order valence-electron chi connectivity index (χ0n) is 12.2. The fourth-order valence-electron chi connectivity index (χ4n) is 1.85. The van der Waals surface area contributed by atoms with Crippen molar-refractivity contribution in [2.45, 2.75) is 0 Å². The van der Waals surface area contributed by atoms with Crippen molar-refractivity contribution >= 4 is 12.1 Å². The van der Waals surface area contributed by atoms with E-state index < -0.39 is 0 Å². The first-order valence-electron chi connectivity index (χ1n) is 6.49. The Balaban J connectivity index is 2.06. The number of hydrogen-bond donors (Lipinski definition) is 2. The predicted molar refractivity (Wildman–Crippen MR) is 82.7 cm³/mol. The molecule has 2 rings (SSSR count). The second-order valence-electron chi connectivity index (χ2n) is 4.33. The van der Waals surface area contributed by atoms with E-state index in [9.17, 15) is 9.90 Å². The van der Waals surface area contributed by atoms with Gasteiger partial charge in [0.2, 0.25) is 0 Å². The summed E-state index contributed by atoms with van der Waals surface area (Å²) in [5.74, 6) is 0.460. The number of phenolic OH excluding ortho intramolecular Hbond substituents is 1. The molecule has 0 aromatic heterocycles. The van der Waals surface area contributed by atoms with Crippen molar-refractivity contribution in [3.05, 3.63) is 53.6 Å². The molecule has 6 nitrogen and oxygen atoms in total. The molecule has 2 aromatic carbocycles. The van der Waals surface area contributed by atoms with Gasteiger partial charge in [-0.05, 0) is 35.9 Å². The fraction of sp³-hybridized carbons (Fsp3) is 0.125. The SMILES string of the molecule is COc1ccc(C=NNC(=O)c2ccccc2OC)cc1O. The highest BCUT2D eigenvalue weighted by molar-refractivity contribution is 5.97. The van der Waals surface area contributed by atoms with Gasteiger partial charge in [-0.1, -0.05) is 12.1 Å². The van der Waals surface area contributed by atoms with Crippen LogP contribution >= 0.6 is 0 Å². The Hall–Kier alpha value is -3.02. The molecule has 22 heavy (non-hydrogen) atoms. The van der Waals surface area contributed by atoms with E-state index in [1.807, 2.05) is 0 Å². The van der Waals surface area contributed by atoms with Gasteiger partial charge in [0.25, 0.3) is 5.91 Å². The van der Waals surface area contributed by atoms with Crippen molar-refractivity contribution in [3.63, 3.8) is 0 Å². The number of nitrogens with zero attached hydrogens (tertiary/aromatic N) is 1. The lowest BCUT2D eigenvalue weighted by atomic mass is 10.2. The topological polar surface area (TPSA) is 80.2 Å². The van der Waals surface area contributed by atoms with Crippen LogP contribution in [0.2, 0.25) is 0 Å². The van der Waals surface area contributed by atoms with Crippen LogP contribution in [0.4, 0.5) is 0 Å². The number of carbonyl (C=O) groups excluding carboxylic acids is 1. The van der Waals surface area contributed by atoms with Gasteiger partial charge in [-0.3, -0.25) is 4.79 Å². The van der Waals surface area contributed by atoms with Crippen LogP contribution in [-0.4, -0.2) is 31.4 Å². The van der Waals surface area contributed by atoms with Crippen molar-refractivity contribution < 1.29 is 19.4 Å². The van der Waals surface area contributed by atoms with Crippen molar-refractivity contribution in [2.75, 3.05) is 14.2 Å². The minimum atomic E-state index is -0.383. The van der Waals surface area contributed by atoms with Crippen molar-refractivity contribution in [3.8, 4) is 17.2 Å². The normalized spacial score (nSPS) is 10.5. The highest BCUT2D eigenvalue weighted by atomic mass is 16.5. The third kappa shape index (κ3) is 3.54. The first-order chi connectivity index (χ1) is 10.7. The van der Waals surface area contributed by atoms with Gasteiger partial charge in [-0.2, -0.15) is 5.10 Å². The van der Waals surface area contributed by atoms with Gasteiger partial charge >= 0.3 is 0 Å². The Bertz CT molecular complexity index is 698. The van der Waals surface area contributed by atoms with E-state index in [-0.39, 0.29) is 11.7 Å². The second-order valence-corrected chi connectivity index (χ2v) is 4.33. The van der Waals surface area contributed by atoms with E-state index in [1.165, 1.54) is 26.5 Å². The lowest BCUT2D eigenvalue weighted by Crippen LogP contribution is -2.18. The zero-order valence-corrected chi connectivity index (χ0v) is 12.2. The largest absolute Gasteiger partial charge is 0.504 e. The fourth-order valence-corrected chi connectivity index (χ4v) is 1.85. The number of hydrogen-bond acceptors (Lipinski definition) is 5. The molecule has 0 atom stereocenters. The average Bonchev–Trinajstić information content (AvgIpc) is 2.55. The van der Waals surface area contributed by atoms with Gasteiger partial charge in [0.15, 0.2) is 11.5 Å². The molecule has 0 bridgehead atoms. The summed E-state index contributed by atoms with van der Waals surface area (Å²) in [5.41, 5.74) is 3.42. The zero-order chi connectivity index (χ0) is 15.9. The van der Waals surface area contributed by atoms with Crippen LogP contribution in [-0.2, 0) is 0 Å². The molecule has 0 aliphatic heterocycles. The van der Waals surface area contributed by atoms with E-state index in [0.717, 1.165) is 0 Å². The highest BCUT2D eigenvalue weighted by Gasteiger charge is 2.10. The molecule has 2 N–H and O–H groups in total. The van der Waals surface area contributed by atoms with Crippen LogP contribution in [0.25, 0.3) is 0 Å². The van der Waals surface area contributed by atoms with Crippen LogP contribution in [0, 0.1) is 0 Å². The predicted octanol–water partition coefficient (Wildman–Crippen LogP) is 2.17. The molecule has 1 amide bonds. The lowest BCUT2D eigenvalue weighted by molar-refractivity contribution is 0.0952. The quantitative estimate of drug-likeness (QED) is 0.655. The third-order valence-electron chi connectivity index (χ3n) is 2.93. The van der Waals surface area contributed by atoms with E-state index in [2.05, 4.69) is 10.5 Å². The first-order valence-corrected chi connectivity index (χ1v) is 6.49. The Morgan fingerprint density at radius 2 is 1.86 bits per heavy atom. The molecule has 0 fully saturated rings. The number of amides is 1. The number of phenols is 1. The van der Waals surface area contributed by atoms with Gasteiger partial charge in [-0.25, -0.2) is 5.43 Å². The average molecular weight is 300 g/mol. The van der Waals surface area contributed by atoms with Crippen LogP contribution in [0.15, 0.2) is 47.6 Å². The molecule has 0 spiro atoms. The minimum Gasteiger partial charge on any atom is -0.504 e. The van der Waals surface area contributed by atoms with Gasteiger partial charge in [0, 0.05) is 0 Å². The molecule has 2 aromatic rings. The summed E-state index contributed by atoms with van der Waals surface area (Å²) < 4.78 is 10.1. The molecule has 0 saturated heterocycles. The maximum atomic E-state index is 12.0. The summed E-state index contributed by atoms with van der Waals surface area (Å²) in [4.78, 5) is 12.0. The van der Waals surface area contributed by atoms with Crippen molar-refractivity contribution in [1.82, 2.24) is 5.43 Å². The van der Waals surface area contributed by atoms with Crippen LogP contribution < -0.4 is 14.9 Å². The minimum absolute atomic E-state index is 0.00232. The molecule has 0 unspecified atom stereocenters. The Morgan fingerprint density at radius 3 is 2.55 bits per heavy atom. The number of carbonyl (C=O) groups is 1. The molecule has 114 valence electrons. The number of methoxy groups -OCH3 is 2. The number of hydrazone groups is 1. The van der Waals surface area contributed by atoms with E-state index in [4.69, 9.17) is 9.47 Å². The van der Waals surface area contributed by atoms with Crippen LogP contribution in [0.3, 0.4) is 0 Å². The molecule has 0 radical (unpaired) electrons. The lowest BCUT2D eigenvalue weighted by Gasteiger charge is -2.06. The summed E-state index contributed by atoms with van der Waals surface area (Å²) in [6.45, 7) is 0. The first kappa shape index (κ1) is 15.4. The third-order valence-corrected chi connectivity index (χ3v) is 2.93. The molecular weight excluding hydrogens is 284 g/mol. The number of rotatable bonds is 5. The van der Waals surface area contributed by atoms with Crippen LogP contribution in [0.5, 0.6) is 17.2 Å². The summed E-state index contributed by atoms with van der Waals surface area (Å²) >= 11 is 0. The standard InChI is InChI=1S/C16H16N2O4/c1-21-14-6-4-3-5-12(14)16(20)18-17-10-11-7-8-15(22-2)13(19)9-11/h3-10,19H,1-2H3,(H,18,20). The van der Waals surface area contributed by atoms with E-state index >= 15 is 0 Å². The Labute approximate surface area is 128 Å². The number of aromatic hydroxyl groups is 1. The monoisotopic (exact) mass is 300 g/mol. The summed E-state index contributed by atoms with van der Waals surface area (Å²) in [5, 5.41) is 13.5. The Morgan fingerprint density at radius 1 is 1.14 bits per heavy atom. The molecular formula is C16H16N2O4. The molecule has 6 heteroatoms. The van der Waals surface area contributed by atoms with Gasteiger partial charge in [-0.15, -0.1) is 0 Å². The summed E-state index contributed by atoms with van der Waals surface area (Å²) in [7, 11) is 2.96. The maximum Gasteiger partial charge on any atom is 0.275 e.